The Kier molecular flexibility index (Phi) is 5.02. The number of nitrogens with one attached hydrogen (secondary N) is 1. The molecule has 1 N–H and O–H groups in total. The molecule has 0 radical (unpaired) electrons. The molecule has 1 amide bonds. The van der Waals surface area contributed by atoms with E-state index >= 15 is 0 Å². The van der Waals surface area contributed by atoms with Crippen LogP contribution in [0.5, 0.6) is 5.75 Å². The average Bonchev–Trinajstić information content (AvgIpc) is 3.11. The first-order chi connectivity index (χ1) is 13.2. The SMILES string of the molecule is O=C(COc1ccc2ccccc2c1Br)NCCc1nnc2ccccn12. The van der Waals surface area contributed by atoms with Crippen LogP contribution >= 0.6 is 15.9 Å². The first-order valence-corrected chi connectivity index (χ1v) is 9.37. The van der Waals surface area contributed by atoms with E-state index in [4.69, 9.17) is 4.74 Å². The molecule has 0 aliphatic rings. The van der Waals surface area contributed by atoms with Crippen LogP contribution in [0.25, 0.3) is 16.4 Å². The smallest absolute Gasteiger partial charge is 0.257 e. The van der Waals surface area contributed by atoms with Gasteiger partial charge in [-0.05, 0) is 44.9 Å². The van der Waals surface area contributed by atoms with Crippen LogP contribution in [-0.4, -0.2) is 33.7 Å². The van der Waals surface area contributed by atoms with Crippen molar-refractivity contribution < 1.29 is 9.53 Å². The quantitative estimate of drug-likeness (QED) is 0.514. The van der Waals surface area contributed by atoms with Gasteiger partial charge in [-0.2, -0.15) is 0 Å². The highest BCUT2D eigenvalue weighted by atomic mass is 79.9. The number of pyridine rings is 1. The summed E-state index contributed by atoms with van der Waals surface area (Å²) in [6.07, 6.45) is 2.50. The van der Waals surface area contributed by atoms with Crippen molar-refractivity contribution in [3.05, 3.63) is 71.1 Å². The highest BCUT2D eigenvalue weighted by Gasteiger charge is 2.09. The average molecular weight is 425 g/mol. The Labute approximate surface area is 164 Å². The van der Waals surface area contributed by atoms with Crippen molar-refractivity contribution in [3.8, 4) is 5.75 Å². The number of aromatic nitrogens is 3. The highest BCUT2D eigenvalue weighted by Crippen LogP contribution is 2.32. The molecule has 0 spiro atoms. The largest absolute Gasteiger partial charge is 0.483 e. The van der Waals surface area contributed by atoms with E-state index in [2.05, 4.69) is 31.4 Å². The Balaban J connectivity index is 1.32. The molecule has 4 rings (SSSR count). The molecule has 7 heteroatoms. The molecule has 27 heavy (non-hydrogen) atoms. The number of hydrogen-bond acceptors (Lipinski definition) is 4. The van der Waals surface area contributed by atoms with Crippen LogP contribution in [-0.2, 0) is 11.2 Å². The van der Waals surface area contributed by atoms with Gasteiger partial charge < -0.3 is 10.1 Å². The van der Waals surface area contributed by atoms with E-state index in [1.165, 1.54) is 0 Å². The Hall–Kier alpha value is -2.93. The van der Waals surface area contributed by atoms with Crippen molar-refractivity contribution in [2.24, 2.45) is 0 Å². The maximum Gasteiger partial charge on any atom is 0.257 e. The zero-order chi connectivity index (χ0) is 18.6. The fourth-order valence-electron chi connectivity index (χ4n) is 2.89. The van der Waals surface area contributed by atoms with Gasteiger partial charge in [0.05, 0.1) is 4.47 Å². The van der Waals surface area contributed by atoms with Crippen LogP contribution in [0.4, 0.5) is 0 Å². The molecule has 136 valence electrons. The lowest BCUT2D eigenvalue weighted by Crippen LogP contribution is -2.30. The van der Waals surface area contributed by atoms with Crippen molar-refractivity contribution >= 4 is 38.3 Å². The normalized spacial score (nSPS) is 11.0. The molecule has 0 atom stereocenters. The Morgan fingerprint density at radius 3 is 2.85 bits per heavy atom. The minimum absolute atomic E-state index is 0.0441. The molecule has 0 saturated heterocycles. The van der Waals surface area contributed by atoms with E-state index in [1.807, 2.05) is 65.2 Å². The predicted molar refractivity (Wildman–Crippen MR) is 107 cm³/mol. The summed E-state index contributed by atoms with van der Waals surface area (Å²) in [5.41, 5.74) is 0.795. The standard InChI is InChI=1S/C20H17BrN4O2/c21-20-15-6-2-1-5-14(15)8-9-16(20)27-13-19(26)22-11-10-18-24-23-17-7-3-4-12-25(17)18/h1-9,12H,10-11,13H2,(H,22,26). The van der Waals surface area contributed by atoms with Crippen molar-refractivity contribution in [1.82, 2.24) is 19.9 Å². The van der Waals surface area contributed by atoms with Crippen LogP contribution in [0.3, 0.4) is 0 Å². The minimum atomic E-state index is -0.177. The number of ether oxygens (including phenoxy) is 1. The van der Waals surface area contributed by atoms with Gasteiger partial charge in [0.2, 0.25) is 0 Å². The van der Waals surface area contributed by atoms with Gasteiger partial charge in [-0.1, -0.05) is 36.4 Å². The molecule has 2 aromatic carbocycles. The van der Waals surface area contributed by atoms with E-state index < -0.39 is 0 Å². The Morgan fingerprint density at radius 2 is 1.93 bits per heavy atom. The van der Waals surface area contributed by atoms with E-state index in [0.717, 1.165) is 26.7 Å². The summed E-state index contributed by atoms with van der Waals surface area (Å²) in [5, 5.41) is 13.3. The number of carbonyl (C=O) groups excluding carboxylic acids is 1. The lowest BCUT2D eigenvalue weighted by Gasteiger charge is -2.10. The van der Waals surface area contributed by atoms with Gasteiger partial charge in [-0.3, -0.25) is 9.20 Å². The number of fused-ring (bicyclic) bond motifs is 2. The van der Waals surface area contributed by atoms with Crippen LogP contribution in [0.2, 0.25) is 0 Å². The second-order valence-corrected chi connectivity index (χ2v) is 6.83. The second-order valence-electron chi connectivity index (χ2n) is 6.03. The van der Waals surface area contributed by atoms with Gasteiger partial charge in [0, 0.05) is 19.2 Å². The number of rotatable bonds is 6. The topological polar surface area (TPSA) is 68.5 Å². The van der Waals surface area contributed by atoms with Gasteiger partial charge in [-0.15, -0.1) is 10.2 Å². The first-order valence-electron chi connectivity index (χ1n) is 8.58. The fourth-order valence-corrected chi connectivity index (χ4v) is 3.50. The van der Waals surface area contributed by atoms with E-state index in [9.17, 15) is 4.79 Å². The lowest BCUT2D eigenvalue weighted by molar-refractivity contribution is -0.123. The van der Waals surface area contributed by atoms with E-state index in [0.29, 0.717) is 18.7 Å². The minimum Gasteiger partial charge on any atom is -0.483 e. The summed E-state index contributed by atoms with van der Waals surface area (Å²) in [7, 11) is 0. The molecule has 0 unspecified atom stereocenters. The monoisotopic (exact) mass is 424 g/mol. The van der Waals surface area contributed by atoms with Crippen molar-refractivity contribution in [3.63, 3.8) is 0 Å². The van der Waals surface area contributed by atoms with Crippen molar-refractivity contribution in [2.45, 2.75) is 6.42 Å². The van der Waals surface area contributed by atoms with Crippen LogP contribution < -0.4 is 10.1 Å². The van der Waals surface area contributed by atoms with Gasteiger partial charge in [0.25, 0.3) is 5.91 Å². The molecular formula is C20H17BrN4O2. The van der Waals surface area contributed by atoms with E-state index in [1.54, 1.807) is 0 Å². The van der Waals surface area contributed by atoms with Gasteiger partial charge in [-0.25, -0.2) is 0 Å². The zero-order valence-electron chi connectivity index (χ0n) is 14.4. The second kappa shape index (κ2) is 7.75. The first kappa shape index (κ1) is 17.5. The van der Waals surface area contributed by atoms with Crippen LogP contribution in [0, 0.1) is 0 Å². The van der Waals surface area contributed by atoms with Gasteiger partial charge in [0.1, 0.15) is 11.6 Å². The third-order valence-corrected chi connectivity index (χ3v) is 5.06. The molecule has 0 aliphatic carbocycles. The predicted octanol–water partition coefficient (Wildman–Crippen LogP) is 3.38. The molecule has 6 nitrogen and oxygen atoms in total. The summed E-state index contributed by atoms with van der Waals surface area (Å²) in [6.45, 7) is 0.425. The van der Waals surface area contributed by atoms with E-state index in [-0.39, 0.29) is 12.5 Å². The third kappa shape index (κ3) is 3.78. The third-order valence-electron chi connectivity index (χ3n) is 4.24. The van der Waals surface area contributed by atoms with Crippen molar-refractivity contribution in [2.75, 3.05) is 13.2 Å². The number of hydrogen-bond donors (Lipinski definition) is 1. The summed E-state index contributed by atoms with van der Waals surface area (Å²) in [4.78, 5) is 12.1. The number of carbonyl (C=O) groups is 1. The summed E-state index contributed by atoms with van der Waals surface area (Å²) < 4.78 is 8.43. The molecule has 2 heterocycles. The number of benzene rings is 2. The number of nitrogens with zero attached hydrogens (tertiary/aromatic N) is 3. The molecule has 0 bridgehead atoms. The zero-order valence-corrected chi connectivity index (χ0v) is 16.0. The summed E-state index contributed by atoms with van der Waals surface area (Å²) in [6, 6.07) is 17.6. The lowest BCUT2D eigenvalue weighted by atomic mass is 10.1. The molecule has 2 aromatic heterocycles. The number of halogens is 1. The Bertz CT molecular complexity index is 1110. The van der Waals surface area contributed by atoms with Crippen molar-refractivity contribution in [1.29, 1.82) is 0 Å². The van der Waals surface area contributed by atoms with Crippen LogP contribution in [0.1, 0.15) is 5.82 Å². The molecule has 0 fully saturated rings. The summed E-state index contributed by atoms with van der Waals surface area (Å²) in [5.74, 6) is 1.28. The molecule has 0 saturated carbocycles. The summed E-state index contributed by atoms with van der Waals surface area (Å²) >= 11 is 3.56. The van der Waals surface area contributed by atoms with Gasteiger partial charge in [0.15, 0.2) is 12.3 Å². The van der Waals surface area contributed by atoms with Gasteiger partial charge >= 0.3 is 0 Å². The van der Waals surface area contributed by atoms with Crippen LogP contribution in [0.15, 0.2) is 65.3 Å². The number of amides is 1. The molecule has 0 aliphatic heterocycles. The highest BCUT2D eigenvalue weighted by molar-refractivity contribution is 9.10. The molecule has 4 aromatic rings. The fraction of sp³-hybridized carbons (Fsp3) is 0.150. The maximum atomic E-state index is 12.1. The maximum absolute atomic E-state index is 12.1. The Morgan fingerprint density at radius 1 is 1.07 bits per heavy atom. The molecular weight excluding hydrogens is 408 g/mol.